The Hall–Kier alpha value is -3.75. The number of phenols is 2. The second kappa shape index (κ2) is 8.38. The number of ether oxygens (including phenoxy) is 2. The van der Waals surface area contributed by atoms with E-state index in [0.29, 0.717) is 17.1 Å². The molecule has 2 aromatic rings. The lowest BCUT2D eigenvalue weighted by Gasteiger charge is -2.09. The van der Waals surface area contributed by atoms with E-state index in [2.05, 4.69) is 10.5 Å². The summed E-state index contributed by atoms with van der Waals surface area (Å²) in [5.41, 5.74) is 7.83. The Morgan fingerprint density at radius 3 is 2.62 bits per heavy atom. The summed E-state index contributed by atoms with van der Waals surface area (Å²) in [6.45, 7) is -0.282. The van der Waals surface area contributed by atoms with Crippen LogP contribution >= 0.6 is 0 Å². The summed E-state index contributed by atoms with van der Waals surface area (Å²) >= 11 is 0. The fourth-order valence-electron chi connectivity index (χ4n) is 1.97. The summed E-state index contributed by atoms with van der Waals surface area (Å²) in [5.74, 6) is -1.09. The van der Waals surface area contributed by atoms with Crippen molar-refractivity contribution in [3.05, 3.63) is 47.5 Å². The topological polar surface area (TPSA) is 143 Å². The van der Waals surface area contributed by atoms with Crippen LogP contribution in [0.3, 0.4) is 0 Å². The average Bonchev–Trinajstić information content (AvgIpc) is 2.60. The van der Waals surface area contributed by atoms with Crippen LogP contribution in [0, 0.1) is 0 Å². The van der Waals surface area contributed by atoms with Crippen LogP contribution in [0.2, 0.25) is 0 Å². The maximum absolute atomic E-state index is 11.9. The van der Waals surface area contributed by atoms with E-state index in [1.807, 2.05) is 0 Å². The SMILES string of the molecule is COc1cc(/C=N/NC(=O)c2ccc(O)cc2O)ccc1OCC(N)=O. The van der Waals surface area contributed by atoms with Crippen LogP contribution < -0.4 is 20.6 Å². The molecule has 0 aliphatic heterocycles. The average molecular weight is 359 g/mol. The van der Waals surface area contributed by atoms with Gasteiger partial charge in [0.25, 0.3) is 11.8 Å². The van der Waals surface area contributed by atoms with Gasteiger partial charge in [0, 0.05) is 6.07 Å². The summed E-state index contributed by atoms with van der Waals surface area (Å²) in [6.07, 6.45) is 1.36. The van der Waals surface area contributed by atoms with Gasteiger partial charge in [0.15, 0.2) is 18.1 Å². The van der Waals surface area contributed by atoms with E-state index in [4.69, 9.17) is 15.2 Å². The minimum atomic E-state index is -0.646. The maximum Gasteiger partial charge on any atom is 0.275 e. The molecule has 0 aliphatic rings. The molecule has 0 aliphatic carbocycles. The minimum absolute atomic E-state index is 0.0345. The number of primary amides is 1. The number of rotatable bonds is 7. The van der Waals surface area contributed by atoms with Gasteiger partial charge >= 0.3 is 0 Å². The highest BCUT2D eigenvalue weighted by atomic mass is 16.5. The molecular weight excluding hydrogens is 342 g/mol. The molecule has 0 heterocycles. The van der Waals surface area contributed by atoms with Crippen molar-refractivity contribution >= 4 is 18.0 Å². The summed E-state index contributed by atoms with van der Waals surface area (Å²) in [5, 5.41) is 22.6. The van der Waals surface area contributed by atoms with Gasteiger partial charge in [-0.3, -0.25) is 9.59 Å². The third kappa shape index (κ3) is 4.87. The molecule has 0 saturated heterocycles. The quantitative estimate of drug-likeness (QED) is 0.424. The first-order valence-corrected chi connectivity index (χ1v) is 7.35. The molecule has 0 saturated carbocycles. The number of amides is 2. The first kappa shape index (κ1) is 18.6. The molecule has 2 rings (SSSR count). The van der Waals surface area contributed by atoms with Crippen molar-refractivity contribution in [2.75, 3.05) is 13.7 Å². The summed E-state index contributed by atoms with van der Waals surface area (Å²) in [6, 6.07) is 8.37. The van der Waals surface area contributed by atoms with Crippen molar-refractivity contribution in [3.63, 3.8) is 0 Å². The number of benzene rings is 2. The van der Waals surface area contributed by atoms with Crippen molar-refractivity contribution in [1.82, 2.24) is 5.43 Å². The molecule has 0 aromatic heterocycles. The summed E-state index contributed by atoms with van der Waals surface area (Å²) in [7, 11) is 1.43. The van der Waals surface area contributed by atoms with Gasteiger partial charge in [-0.15, -0.1) is 0 Å². The number of methoxy groups -OCH3 is 1. The van der Waals surface area contributed by atoms with Gasteiger partial charge in [-0.1, -0.05) is 0 Å². The van der Waals surface area contributed by atoms with Crippen LogP contribution in [0.4, 0.5) is 0 Å². The molecule has 0 bridgehead atoms. The zero-order valence-corrected chi connectivity index (χ0v) is 13.8. The zero-order valence-electron chi connectivity index (χ0n) is 13.8. The van der Waals surface area contributed by atoms with E-state index in [0.717, 1.165) is 6.07 Å². The number of hydrogen-bond acceptors (Lipinski definition) is 7. The summed E-state index contributed by atoms with van der Waals surface area (Å²) < 4.78 is 10.4. The number of nitrogens with two attached hydrogens (primary N) is 1. The van der Waals surface area contributed by atoms with Crippen molar-refractivity contribution in [3.8, 4) is 23.0 Å². The molecule has 0 radical (unpaired) electrons. The van der Waals surface area contributed by atoms with Crippen LogP contribution in [-0.4, -0.2) is 42.0 Å². The van der Waals surface area contributed by atoms with Crippen molar-refractivity contribution in [2.45, 2.75) is 0 Å². The smallest absolute Gasteiger partial charge is 0.275 e. The molecule has 2 aromatic carbocycles. The Morgan fingerprint density at radius 1 is 1.19 bits per heavy atom. The van der Waals surface area contributed by atoms with Crippen LogP contribution in [-0.2, 0) is 4.79 Å². The van der Waals surface area contributed by atoms with E-state index in [-0.39, 0.29) is 23.7 Å². The van der Waals surface area contributed by atoms with E-state index < -0.39 is 11.8 Å². The number of carbonyl (C=O) groups is 2. The third-order valence-corrected chi connectivity index (χ3v) is 3.16. The lowest BCUT2D eigenvalue weighted by Crippen LogP contribution is -2.20. The maximum atomic E-state index is 11.9. The van der Waals surface area contributed by atoms with E-state index in [1.54, 1.807) is 18.2 Å². The number of hydrazone groups is 1. The van der Waals surface area contributed by atoms with Crippen molar-refractivity contribution in [2.24, 2.45) is 10.8 Å². The van der Waals surface area contributed by atoms with E-state index in [1.165, 1.54) is 25.5 Å². The fraction of sp³-hybridized carbons (Fsp3) is 0.118. The van der Waals surface area contributed by atoms with Gasteiger partial charge in [0.05, 0.1) is 18.9 Å². The lowest BCUT2D eigenvalue weighted by atomic mass is 10.2. The summed E-state index contributed by atoms with van der Waals surface area (Å²) in [4.78, 5) is 22.7. The Bertz CT molecular complexity index is 850. The fourth-order valence-corrected chi connectivity index (χ4v) is 1.97. The van der Waals surface area contributed by atoms with Gasteiger partial charge in [-0.2, -0.15) is 5.10 Å². The molecule has 0 spiro atoms. The van der Waals surface area contributed by atoms with Crippen molar-refractivity contribution < 1.29 is 29.3 Å². The van der Waals surface area contributed by atoms with Crippen molar-refractivity contribution in [1.29, 1.82) is 0 Å². The highest BCUT2D eigenvalue weighted by Crippen LogP contribution is 2.27. The zero-order chi connectivity index (χ0) is 19.1. The van der Waals surface area contributed by atoms with Crippen LogP contribution in [0.15, 0.2) is 41.5 Å². The predicted octanol–water partition coefficient (Wildman–Crippen LogP) is 0.734. The van der Waals surface area contributed by atoms with Gasteiger partial charge < -0.3 is 25.4 Å². The largest absolute Gasteiger partial charge is 0.508 e. The Labute approximate surface area is 148 Å². The second-order valence-electron chi connectivity index (χ2n) is 5.07. The first-order chi connectivity index (χ1) is 12.4. The molecular formula is C17H17N3O6. The van der Waals surface area contributed by atoms with Gasteiger partial charge in [-0.25, -0.2) is 5.43 Å². The molecule has 0 atom stereocenters. The van der Waals surface area contributed by atoms with Gasteiger partial charge in [0.2, 0.25) is 0 Å². The van der Waals surface area contributed by atoms with E-state index in [9.17, 15) is 19.8 Å². The molecule has 26 heavy (non-hydrogen) atoms. The standard InChI is InChI=1S/C17H17N3O6/c1-25-15-6-10(2-5-14(15)26-9-16(18)23)8-19-20-17(24)12-4-3-11(21)7-13(12)22/h2-8,21-22H,9H2,1H3,(H2,18,23)(H,20,24)/b19-8+. The highest BCUT2D eigenvalue weighted by Gasteiger charge is 2.11. The second-order valence-corrected chi connectivity index (χ2v) is 5.07. The van der Waals surface area contributed by atoms with Gasteiger partial charge in [-0.05, 0) is 35.9 Å². The normalized spacial score (nSPS) is 10.5. The molecule has 9 heteroatoms. The Balaban J connectivity index is 2.05. The van der Waals surface area contributed by atoms with Crippen LogP contribution in [0.5, 0.6) is 23.0 Å². The first-order valence-electron chi connectivity index (χ1n) is 7.35. The number of nitrogens with zero attached hydrogens (tertiary/aromatic N) is 1. The molecule has 0 unspecified atom stereocenters. The Morgan fingerprint density at radius 2 is 1.96 bits per heavy atom. The number of nitrogens with one attached hydrogen (secondary N) is 1. The molecule has 2 amide bonds. The minimum Gasteiger partial charge on any atom is -0.508 e. The Kier molecular flexibility index (Phi) is 5.99. The monoisotopic (exact) mass is 359 g/mol. The van der Waals surface area contributed by atoms with E-state index >= 15 is 0 Å². The number of phenolic OH excluding ortho intramolecular Hbond substituents is 2. The van der Waals surface area contributed by atoms with Gasteiger partial charge in [0.1, 0.15) is 11.5 Å². The molecule has 136 valence electrons. The number of carbonyl (C=O) groups excluding carboxylic acids is 2. The van der Waals surface area contributed by atoms with Crippen LogP contribution in [0.1, 0.15) is 15.9 Å². The predicted molar refractivity (Wildman–Crippen MR) is 92.5 cm³/mol. The third-order valence-electron chi connectivity index (χ3n) is 3.16. The molecule has 0 fully saturated rings. The molecule has 5 N–H and O–H groups in total. The highest BCUT2D eigenvalue weighted by molar-refractivity contribution is 5.97. The van der Waals surface area contributed by atoms with Crippen LogP contribution in [0.25, 0.3) is 0 Å². The number of aromatic hydroxyl groups is 2. The molecule has 9 nitrogen and oxygen atoms in total. The number of hydrogen-bond donors (Lipinski definition) is 4. The lowest BCUT2D eigenvalue weighted by molar-refractivity contribution is -0.119.